The molecule has 1 atom stereocenters. The van der Waals surface area contributed by atoms with Gasteiger partial charge in [0.05, 0.1) is 16.4 Å². The van der Waals surface area contributed by atoms with E-state index in [9.17, 15) is 9.90 Å². The summed E-state index contributed by atoms with van der Waals surface area (Å²) in [4.78, 5) is 17.8. The molecule has 1 unspecified atom stereocenters. The molecule has 1 amide bonds. The predicted molar refractivity (Wildman–Crippen MR) is 108 cm³/mol. The maximum Gasteiger partial charge on any atom is 0.224 e. The summed E-state index contributed by atoms with van der Waals surface area (Å²) < 4.78 is 6.02. The van der Waals surface area contributed by atoms with Gasteiger partial charge in [-0.25, -0.2) is 0 Å². The molecule has 144 valence electrons. The summed E-state index contributed by atoms with van der Waals surface area (Å²) in [6.07, 6.45) is 5.53. The molecule has 1 aromatic carbocycles. The molecule has 2 aromatic rings. The summed E-state index contributed by atoms with van der Waals surface area (Å²) in [5, 5.41) is 13.3. The lowest BCUT2D eigenvalue weighted by Gasteiger charge is -2.27. The normalized spacial score (nSPS) is 18.8. The zero-order valence-electron chi connectivity index (χ0n) is 15.4. The third-order valence-corrected chi connectivity index (χ3v) is 5.08. The molecular weight excluding hydrogens is 378 g/mol. The molecule has 6 nitrogen and oxygen atoms in total. The minimum Gasteiger partial charge on any atom is -0.485 e. The first-order valence-electron chi connectivity index (χ1n) is 9.00. The number of aliphatic hydroxyl groups excluding tert-OH is 1. The summed E-state index contributed by atoms with van der Waals surface area (Å²) in [7, 11) is 1.76. The van der Waals surface area contributed by atoms with E-state index in [4.69, 9.17) is 16.3 Å². The van der Waals surface area contributed by atoms with Crippen molar-refractivity contribution in [1.29, 1.82) is 0 Å². The van der Waals surface area contributed by atoms with Gasteiger partial charge in [0.1, 0.15) is 12.4 Å². The van der Waals surface area contributed by atoms with Crippen molar-refractivity contribution >= 4 is 28.8 Å². The van der Waals surface area contributed by atoms with Crippen LogP contribution in [0.2, 0.25) is 0 Å². The second-order valence-corrected chi connectivity index (χ2v) is 7.26. The molecule has 3 heterocycles. The quantitative estimate of drug-likeness (QED) is 0.828. The Balaban J connectivity index is 1.71. The molecule has 0 saturated heterocycles. The van der Waals surface area contributed by atoms with Gasteiger partial charge in [-0.2, -0.15) is 0 Å². The minimum absolute atomic E-state index is 0.0226. The monoisotopic (exact) mass is 397 g/mol. The molecule has 2 aliphatic rings. The highest BCUT2D eigenvalue weighted by Crippen LogP contribution is 2.38. The van der Waals surface area contributed by atoms with Crippen LogP contribution in [0.3, 0.4) is 0 Å². The van der Waals surface area contributed by atoms with E-state index in [0.717, 1.165) is 22.4 Å². The van der Waals surface area contributed by atoms with Crippen molar-refractivity contribution in [2.24, 2.45) is 0 Å². The Labute approximate surface area is 168 Å². The Hall–Kier alpha value is -2.83. The van der Waals surface area contributed by atoms with Crippen LogP contribution in [0.25, 0.3) is 5.57 Å². The van der Waals surface area contributed by atoms with Crippen molar-refractivity contribution in [3.63, 3.8) is 0 Å². The first-order chi connectivity index (χ1) is 13.5. The number of rotatable bonds is 4. The summed E-state index contributed by atoms with van der Waals surface area (Å²) in [5.74, 6) is 0.566. The number of fused-ring (bicyclic) bond motifs is 1. The number of carbonyl (C=O) groups excluding carboxylic acids is 1. The van der Waals surface area contributed by atoms with Crippen LogP contribution in [0, 0.1) is 0 Å². The van der Waals surface area contributed by atoms with Gasteiger partial charge < -0.3 is 20.1 Å². The summed E-state index contributed by atoms with van der Waals surface area (Å²) in [6, 6.07) is 9.55. The van der Waals surface area contributed by atoms with Crippen molar-refractivity contribution < 1.29 is 14.6 Å². The predicted octanol–water partition coefficient (Wildman–Crippen LogP) is 3.27. The number of allylic oxidation sites excluding steroid dienone is 2. The van der Waals surface area contributed by atoms with E-state index >= 15 is 0 Å². The molecule has 0 radical (unpaired) electrons. The molecule has 4 rings (SSSR count). The van der Waals surface area contributed by atoms with Gasteiger partial charge in [0.25, 0.3) is 0 Å². The molecule has 7 heteroatoms. The third-order valence-electron chi connectivity index (χ3n) is 4.77. The van der Waals surface area contributed by atoms with Gasteiger partial charge in [0.15, 0.2) is 6.23 Å². The van der Waals surface area contributed by atoms with Crippen molar-refractivity contribution in [3.8, 4) is 5.75 Å². The SMILES string of the molecule is CN1C=C(c2cc3c(c(OCc4ccccn4)c2)NC(=O)CC3)C=C(Cl)C1O. The van der Waals surface area contributed by atoms with Crippen LogP contribution in [0.15, 0.2) is 53.8 Å². The molecule has 0 aliphatic carbocycles. The number of hydrogen-bond acceptors (Lipinski definition) is 5. The number of hydrogen-bond donors (Lipinski definition) is 2. The van der Waals surface area contributed by atoms with Crippen molar-refractivity contribution in [2.45, 2.75) is 25.7 Å². The second kappa shape index (κ2) is 7.66. The maximum atomic E-state index is 11.9. The Kier molecular flexibility index (Phi) is 5.07. The lowest BCUT2D eigenvalue weighted by Crippen LogP contribution is -2.29. The van der Waals surface area contributed by atoms with Crippen LogP contribution in [0.4, 0.5) is 5.69 Å². The molecule has 0 saturated carbocycles. The van der Waals surface area contributed by atoms with Crippen molar-refractivity contribution in [3.05, 3.63) is 70.7 Å². The topological polar surface area (TPSA) is 74.7 Å². The standard InChI is InChI=1S/C21H20ClN3O3/c1-25-11-15(9-17(22)21(25)27)14-8-13-5-6-19(26)24-20(13)18(10-14)28-12-16-4-2-3-7-23-16/h2-4,7-11,21,27H,5-6,12H2,1H3,(H,24,26). The average molecular weight is 398 g/mol. The molecular formula is C21H20ClN3O3. The van der Waals surface area contributed by atoms with Crippen LogP contribution in [-0.2, 0) is 17.8 Å². The zero-order valence-corrected chi connectivity index (χ0v) is 16.1. The summed E-state index contributed by atoms with van der Waals surface area (Å²) >= 11 is 6.18. The van der Waals surface area contributed by atoms with E-state index in [1.165, 1.54) is 0 Å². The number of amides is 1. The van der Waals surface area contributed by atoms with Crippen LogP contribution in [0.5, 0.6) is 5.75 Å². The van der Waals surface area contributed by atoms with Gasteiger partial charge in [0, 0.05) is 25.9 Å². The van der Waals surface area contributed by atoms with E-state index < -0.39 is 6.23 Å². The van der Waals surface area contributed by atoms with Crippen molar-refractivity contribution in [2.75, 3.05) is 12.4 Å². The number of likely N-dealkylation sites (N-methyl/N-ethyl adjacent to an activating group) is 1. The van der Waals surface area contributed by atoms with E-state index in [1.54, 1.807) is 24.2 Å². The Morgan fingerprint density at radius 2 is 2.21 bits per heavy atom. The number of aliphatic hydroxyl groups is 1. The number of nitrogens with zero attached hydrogens (tertiary/aromatic N) is 2. The van der Waals surface area contributed by atoms with Crippen molar-refractivity contribution in [1.82, 2.24) is 9.88 Å². The fraction of sp³-hybridized carbons (Fsp3) is 0.238. The zero-order chi connectivity index (χ0) is 19.7. The highest BCUT2D eigenvalue weighted by molar-refractivity contribution is 6.31. The number of carbonyl (C=O) groups is 1. The number of ether oxygens (including phenoxy) is 1. The third kappa shape index (κ3) is 3.74. The lowest BCUT2D eigenvalue weighted by molar-refractivity contribution is -0.116. The minimum atomic E-state index is -0.845. The molecule has 1 aromatic heterocycles. The van der Waals surface area contributed by atoms with Gasteiger partial charge in [-0.1, -0.05) is 17.7 Å². The highest BCUT2D eigenvalue weighted by atomic mass is 35.5. The fourth-order valence-corrected chi connectivity index (χ4v) is 3.55. The average Bonchev–Trinajstić information content (AvgIpc) is 2.70. The number of aryl methyl sites for hydroxylation is 1. The number of benzene rings is 1. The van der Waals surface area contributed by atoms with Gasteiger partial charge >= 0.3 is 0 Å². The van der Waals surface area contributed by atoms with Gasteiger partial charge in [-0.05, 0) is 53.5 Å². The van der Waals surface area contributed by atoms with Gasteiger partial charge in [-0.15, -0.1) is 0 Å². The Morgan fingerprint density at radius 1 is 1.36 bits per heavy atom. The molecule has 2 aliphatic heterocycles. The number of anilines is 1. The Morgan fingerprint density at radius 3 is 2.96 bits per heavy atom. The van der Waals surface area contributed by atoms with Crippen LogP contribution in [-0.4, -0.2) is 34.2 Å². The summed E-state index contributed by atoms with van der Waals surface area (Å²) in [5.41, 5.74) is 4.28. The van der Waals surface area contributed by atoms with E-state index in [-0.39, 0.29) is 5.91 Å². The molecule has 0 spiro atoms. The first kappa shape index (κ1) is 18.5. The molecule has 0 bridgehead atoms. The summed E-state index contributed by atoms with van der Waals surface area (Å²) in [6.45, 7) is 0.293. The van der Waals surface area contributed by atoms with Crippen LogP contribution in [0.1, 0.15) is 23.2 Å². The van der Waals surface area contributed by atoms with E-state index in [2.05, 4.69) is 10.3 Å². The van der Waals surface area contributed by atoms with Gasteiger partial charge in [0.2, 0.25) is 5.91 Å². The number of nitrogens with one attached hydrogen (secondary N) is 1. The van der Waals surface area contributed by atoms with Crippen LogP contribution >= 0.6 is 11.6 Å². The van der Waals surface area contributed by atoms with E-state index in [1.807, 2.05) is 36.5 Å². The second-order valence-electron chi connectivity index (χ2n) is 6.82. The lowest BCUT2D eigenvalue weighted by atomic mass is 9.95. The number of pyridine rings is 1. The van der Waals surface area contributed by atoms with Gasteiger partial charge in [-0.3, -0.25) is 9.78 Å². The highest BCUT2D eigenvalue weighted by Gasteiger charge is 2.23. The molecule has 2 N–H and O–H groups in total. The largest absolute Gasteiger partial charge is 0.485 e. The Bertz CT molecular complexity index is 972. The molecule has 28 heavy (non-hydrogen) atoms. The number of halogens is 1. The fourth-order valence-electron chi connectivity index (χ4n) is 3.28. The smallest absolute Gasteiger partial charge is 0.224 e. The van der Waals surface area contributed by atoms with Crippen LogP contribution < -0.4 is 10.1 Å². The molecule has 0 fully saturated rings. The first-order valence-corrected chi connectivity index (χ1v) is 9.38. The van der Waals surface area contributed by atoms with E-state index in [0.29, 0.717) is 35.9 Å². The number of aromatic nitrogens is 1. The maximum absolute atomic E-state index is 11.9.